The van der Waals surface area contributed by atoms with Gasteiger partial charge in [0, 0.05) is 0 Å². The first-order valence-corrected chi connectivity index (χ1v) is 30.0. The summed E-state index contributed by atoms with van der Waals surface area (Å²) in [6.07, 6.45) is -0.418. The molecule has 0 aliphatic heterocycles. The van der Waals surface area contributed by atoms with Crippen LogP contribution >= 0.6 is 15.5 Å². The Morgan fingerprint density at radius 1 is 0.366 bits per heavy atom. The van der Waals surface area contributed by atoms with Crippen LogP contribution in [0, 0.1) is 27.7 Å². The van der Waals surface area contributed by atoms with Gasteiger partial charge in [-0.05, 0) is 0 Å². The third-order valence-corrected chi connectivity index (χ3v) is 19.2. The molecule has 6 nitrogen and oxygen atoms in total. The molecule has 0 fully saturated rings. The first kappa shape index (κ1) is 61.1. The summed E-state index contributed by atoms with van der Waals surface area (Å²) in [5, 5.41) is 0. The van der Waals surface area contributed by atoms with Gasteiger partial charge in [0.15, 0.2) is 0 Å². The van der Waals surface area contributed by atoms with E-state index in [4.69, 9.17) is 4.31 Å². The summed E-state index contributed by atoms with van der Waals surface area (Å²) in [7, 11) is -11.8. The van der Waals surface area contributed by atoms with E-state index in [1.807, 2.05) is 13.8 Å². The molecule has 0 radical (unpaired) electrons. The quantitative estimate of drug-likeness (QED) is 0.107. The molecule has 71 heavy (non-hydrogen) atoms. The van der Waals surface area contributed by atoms with Gasteiger partial charge >= 0.3 is 437 Å². The van der Waals surface area contributed by atoms with E-state index in [-0.39, 0.29) is 32.5 Å². The molecule has 8 heteroatoms. The Balaban J connectivity index is 2.28. The predicted molar refractivity (Wildman–Crippen MR) is 309 cm³/mol. The molecular weight excluding hydrogens is 915 g/mol. The Hall–Kier alpha value is -2.50. The van der Waals surface area contributed by atoms with E-state index < -0.39 is 44.0 Å². The molecule has 0 aromatic heterocycles. The molecule has 0 heterocycles. The van der Waals surface area contributed by atoms with E-state index >= 15 is 0 Å². The van der Waals surface area contributed by atoms with Gasteiger partial charge in [0.25, 0.3) is 0 Å². The van der Waals surface area contributed by atoms with Crippen LogP contribution in [0.25, 0.3) is 0 Å². The molecule has 0 bridgehead atoms. The third-order valence-electron chi connectivity index (χ3n) is 14.6. The van der Waals surface area contributed by atoms with Crippen molar-refractivity contribution in [1.29, 1.82) is 0 Å². The molecule has 0 unspecified atom stereocenters. The maximum absolute atomic E-state index is 13.5. The van der Waals surface area contributed by atoms with Gasteiger partial charge in [-0.3, -0.25) is 0 Å². The molecule has 0 aliphatic carbocycles. The minimum atomic E-state index is -6.81. The number of hydrogen-bond donors (Lipinski definition) is 5. The van der Waals surface area contributed by atoms with Crippen molar-refractivity contribution in [3.63, 3.8) is 0 Å². The molecule has 5 N–H and O–H groups in total. The molecule has 4 rings (SSSR count). The van der Waals surface area contributed by atoms with E-state index in [0.29, 0.717) is 11.1 Å². The summed E-state index contributed by atoms with van der Waals surface area (Å²) in [6, 6.07) is 17.4. The van der Waals surface area contributed by atoms with Crippen molar-refractivity contribution in [2.75, 3.05) is 6.16 Å². The standard InChI is InChI=1S/C63H101O6P2/c1-38-29-42(56(5,6)7)33-47(60(17,18)19)51(38)46(52-39(2)30-43(57(8,9)10)34-48(52)61(20,21)22)37-70(64,65)69-71(66,67,68)55(53-40(3)31-44(58(11,12)13)35-49(53)62(23,24)25)54-41(4)32-45(59(14,15)16)36-50(54)63(26,27)28/h29-36,46,55,64-68H,37H2,1-28H3/q+1. The summed E-state index contributed by atoms with van der Waals surface area (Å²) in [6.45, 7) is 60.1. The van der Waals surface area contributed by atoms with Gasteiger partial charge in [0.1, 0.15) is 0 Å². The van der Waals surface area contributed by atoms with Crippen LogP contribution in [0.2, 0.25) is 0 Å². The Labute approximate surface area is 434 Å². The number of rotatable bonds is 9. The van der Waals surface area contributed by atoms with Crippen LogP contribution < -0.4 is 0 Å². The van der Waals surface area contributed by atoms with E-state index in [0.717, 1.165) is 66.8 Å². The van der Waals surface area contributed by atoms with Gasteiger partial charge in [-0.25, -0.2) is 0 Å². The van der Waals surface area contributed by atoms with Crippen LogP contribution in [-0.4, -0.2) is 30.6 Å². The Morgan fingerprint density at radius 3 is 0.789 bits per heavy atom. The zero-order chi connectivity index (χ0) is 55.4. The van der Waals surface area contributed by atoms with Crippen molar-refractivity contribution in [2.45, 2.75) is 249 Å². The number of hydrogen-bond acceptors (Lipinski definition) is 6. The van der Waals surface area contributed by atoms with E-state index in [2.05, 4.69) is 229 Å². The van der Waals surface area contributed by atoms with E-state index in [1.165, 1.54) is 11.1 Å². The van der Waals surface area contributed by atoms with Crippen molar-refractivity contribution in [2.24, 2.45) is 0 Å². The molecular formula is C63H101O6P2+. The van der Waals surface area contributed by atoms with Crippen LogP contribution in [-0.2, 0) is 47.6 Å². The van der Waals surface area contributed by atoms with Crippen LogP contribution in [0.1, 0.15) is 267 Å². The molecule has 0 spiro atoms. The molecule has 0 aliphatic rings. The van der Waals surface area contributed by atoms with Gasteiger partial charge in [-0.2, -0.15) is 0 Å². The Kier molecular flexibility index (Phi) is 16.3. The summed E-state index contributed by atoms with van der Waals surface area (Å²) >= 11 is 0. The topological polar surface area (TPSA) is 110 Å². The molecule has 4 aromatic carbocycles. The van der Waals surface area contributed by atoms with Gasteiger partial charge in [0.05, 0.1) is 0 Å². The third kappa shape index (κ3) is 13.7. The first-order chi connectivity index (χ1) is 31.2. The number of aryl methyl sites for hydroxylation is 4. The van der Waals surface area contributed by atoms with Crippen LogP contribution in [0.5, 0.6) is 0 Å². The average molecular weight is 1020 g/mol. The monoisotopic (exact) mass is 1020 g/mol. The molecule has 0 saturated heterocycles. The first-order valence-electron chi connectivity index (χ1n) is 26.1. The summed E-state index contributed by atoms with van der Waals surface area (Å²) in [5.41, 5.74) is 10.2. The van der Waals surface area contributed by atoms with E-state index in [9.17, 15) is 24.5 Å². The zero-order valence-electron chi connectivity index (χ0n) is 50.0. The SMILES string of the molecule is Cc1cc(C(C)(C)C)cc(C(C)(C)C)c1C(C[P+](O)(O)OP(O)(O)(O)C(c1c(C)cc(C(C)(C)C)cc1C(C)(C)C)c1c(C)cc(C(C)(C)C)cc1C(C)(C)C)c1c(C)cc(C(C)(C)C)cc1C(C)(C)C. The van der Waals surface area contributed by atoms with Gasteiger partial charge < -0.3 is 0 Å². The van der Waals surface area contributed by atoms with Crippen LogP contribution in [0.4, 0.5) is 0 Å². The Morgan fingerprint density at radius 2 is 0.577 bits per heavy atom. The molecule has 0 amide bonds. The second-order valence-electron chi connectivity index (χ2n) is 29.9. The Bertz CT molecular complexity index is 2460. The van der Waals surface area contributed by atoms with Gasteiger partial charge in [-0.1, -0.05) is 0 Å². The summed E-state index contributed by atoms with van der Waals surface area (Å²) in [5.74, 6) is -0.703. The van der Waals surface area contributed by atoms with E-state index in [1.54, 1.807) is 0 Å². The maximum atomic E-state index is 13.5. The molecule has 4 aromatic rings. The average Bonchev–Trinajstić information content (AvgIpc) is 3.10. The summed E-state index contributed by atoms with van der Waals surface area (Å²) in [4.78, 5) is 66.6. The van der Waals surface area contributed by atoms with Gasteiger partial charge in [0.2, 0.25) is 0 Å². The van der Waals surface area contributed by atoms with Crippen molar-refractivity contribution in [1.82, 2.24) is 0 Å². The van der Waals surface area contributed by atoms with Crippen molar-refractivity contribution >= 4 is 15.5 Å². The minimum absolute atomic E-state index is 0.172. The fourth-order valence-corrected chi connectivity index (χ4v) is 15.6. The molecule has 0 saturated carbocycles. The van der Waals surface area contributed by atoms with Gasteiger partial charge in [-0.15, -0.1) is 0 Å². The van der Waals surface area contributed by atoms with Crippen molar-refractivity contribution in [3.05, 3.63) is 138 Å². The zero-order valence-corrected chi connectivity index (χ0v) is 51.8. The normalized spacial score (nSPS) is 14.9. The molecule has 398 valence electrons. The fraction of sp³-hybridized carbons (Fsp3) is 0.619. The number of benzene rings is 4. The fourth-order valence-electron chi connectivity index (χ4n) is 10.6. The molecule has 0 atom stereocenters. The summed E-state index contributed by atoms with van der Waals surface area (Å²) < 4.78 is 6.40. The second kappa shape index (κ2) is 19.0. The second-order valence-corrected chi connectivity index (χ2v) is 34.7. The van der Waals surface area contributed by atoms with Crippen molar-refractivity contribution in [3.8, 4) is 0 Å². The predicted octanol–water partition coefficient (Wildman–Crippen LogP) is 17.2. The van der Waals surface area contributed by atoms with Crippen LogP contribution in [0.15, 0.2) is 48.5 Å². The van der Waals surface area contributed by atoms with Crippen molar-refractivity contribution < 1.29 is 28.8 Å². The van der Waals surface area contributed by atoms with Crippen LogP contribution in [0.3, 0.4) is 0 Å².